The molecule has 0 aliphatic rings. The van der Waals surface area contributed by atoms with E-state index < -0.39 is 17.3 Å². The average Bonchev–Trinajstić information content (AvgIpc) is 2.84. The summed E-state index contributed by atoms with van der Waals surface area (Å²) in [5.74, 6) is 11.1. The summed E-state index contributed by atoms with van der Waals surface area (Å²) in [4.78, 5) is 46.5. The third-order valence-corrected chi connectivity index (χ3v) is 5.46. The van der Waals surface area contributed by atoms with Gasteiger partial charge in [0.2, 0.25) is 5.62 Å². The smallest absolute Gasteiger partial charge is 0.353 e. The number of nitrogen functional groups attached to an aromatic ring is 1. The molecule has 2 aromatic carbocycles. The average molecular weight is 497 g/mol. The first kappa shape index (κ1) is 26.5. The number of hydrogen-bond acceptors (Lipinski definition) is 8. The first-order chi connectivity index (χ1) is 17.1. The van der Waals surface area contributed by atoms with Crippen LogP contribution in [-0.4, -0.2) is 25.9 Å². The highest BCUT2D eigenvalue weighted by Gasteiger charge is 2.15. The second kappa shape index (κ2) is 11.5. The summed E-state index contributed by atoms with van der Waals surface area (Å²) >= 11 is 0. The van der Waals surface area contributed by atoms with Crippen molar-refractivity contribution in [3.63, 3.8) is 0 Å². The van der Waals surface area contributed by atoms with Gasteiger partial charge in [-0.1, -0.05) is 29.8 Å². The van der Waals surface area contributed by atoms with Gasteiger partial charge in [0.25, 0.3) is 0 Å². The molecule has 0 saturated carbocycles. The molecule has 3 aromatic rings. The van der Waals surface area contributed by atoms with E-state index in [4.69, 9.17) is 16.5 Å². The molecule has 0 fully saturated rings. The summed E-state index contributed by atoms with van der Waals surface area (Å²) in [5, 5.41) is 0. The Morgan fingerprint density at radius 3 is 2.33 bits per heavy atom. The minimum absolute atomic E-state index is 0.0108. The lowest BCUT2D eigenvalue weighted by Crippen LogP contribution is -2.57. The Morgan fingerprint density at radius 2 is 1.72 bits per heavy atom. The molecule has 0 unspecified atom stereocenters. The zero-order valence-corrected chi connectivity index (χ0v) is 20.9. The summed E-state index contributed by atoms with van der Waals surface area (Å²) in [5.41, 5.74) is 1.88. The molecule has 4 N–H and O–H groups in total. The number of rotatable bonds is 9. The van der Waals surface area contributed by atoms with E-state index in [2.05, 4.69) is 9.83 Å². The molecular formula is C25H32N6O5. The molecule has 0 bridgehead atoms. The summed E-state index contributed by atoms with van der Waals surface area (Å²) < 4.78 is 8.93. The zero-order chi connectivity index (χ0) is 26.4. The minimum atomic E-state index is -0.753. The number of aromatic nitrogens is 3. The van der Waals surface area contributed by atoms with Gasteiger partial charge in [0, 0.05) is 13.0 Å². The molecule has 0 aliphatic carbocycles. The van der Waals surface area contributed by atoms with Crippen molar-refractivity contribution >= 4 is 11.7 Å². The summed E-state index contributed by atoms with van der Waals surface area (Å²) in [7, 11) is 0. The highest BCUT2D eigenvalue weighted by molar-refractivity contribution is 5.68. The van der Waals surface area contributed by atoms with Gasteiger partial charge in [-0.15, -0.1) is 0 Å². The van der Waals surface area contributed by atoms with E-state index in [1.807, 2.05) is 52.0 Å². The molecule has 36 heavy (non-hydrogen) atoms. The van der Waals surface area contributed by atoms with E-state index in [9.17, 15) is 14.4 Å². The molecule has 3 rings (SSSR count). The van der Waals surface area contributed by atoms with E-state index in [0.29, 0.717) is 11.4 Å². The Hall–Kier alpha value is -4.12. The Labute approximate surface area is 208 Å². The number of ether oxygens (including phenoxy) is 1. The molecule has 11 nitrogen and oxygen atoms in total. The van der Waals surface area contributed by atoms with Crippen LogP contribution in [0.2, 0.25) is 0 Å². The lowest BCUT2D eigenvalue weighted by atomic mass is 10.1. The number of benzene rings is 2. The van der Waals surface area contributed by atoms with Gasteiger partial charge in [0.1, 0.15) is 5.75 Å². The van der Waals surface area contributed by atoms with Crippen molar-refractivity contribution in [1.29, 1.82) is 0 Å². The molecule has 1 aromatic heterocycles. The zero-order valence-electron chi connectivity index (χ0n) is 20.9. The number of carbonyl (C=O) groups is 1. The molecular weight excluding hydrogens is 464 g/mol. The molecule has 1 heterocycles. The molecule has 0 atom stereocenters. The van der Waals surface area contributed by atoms with Gasteiger partial charge in [0.15, 0.2) is 0 Å². The SMILES string of the molecule is Cc1ccc(Cn2c(=Nc3ccc(OC(C)C)c(C)c3)n(N)c(=O)n(CCCC(=O)ON)c2=O)cc1. The number of aryl methyl sites for hydroxylation is 2. The maximum atomic E-state index is 13.4. The Morgan fingerprint density at radius 1 is 1.03 bits per heavy atom. The highest BCUT2D eigenvalue weighted by atomic mass is 16.7. The van der Waals surface area contributed by atoms with Crippen molar-refractivity contribution in [3.8, 4) is 5.75 Å². The van der Waals surface area contributed by atoms with Gasteiger partial charge in [-0.3, -0.25) is 9.36 Å². The van der Waals surface area contributed by atoms with Crippen LogP contribution in [0.4, 0.5) is 5.69 Å². The molecule has 0 spiro atoms. The van der Waals surface area contributed by atoms with Gasteiger partial charge < -0.3 is 15.4 Å². The second-order valence-electron chi connectivity index (χ2n) is 8.78. The fraction of sp³-hybridized carbons (Fsp3) is 0.360. The van der Waals surface area contributed by atoms with Crippen LogP contribution < -0.4 is 33.5 Å². The molecule has 0 aliphatic heterocycles. The quantitative estimate of drug-likeness (QED) is 0.336. The highest BCUT2D eigenvalue weighted by Crippen LogP contribution is 2.24. The van der Waals surface area contributed by atoms with Crippen molar-refractivity contribution in [3.05, 3.63) is 85.7 Å². The van der Waals surface area contributed by atoms with Crippen LogP contribution in [-0.2, 0) is 22.7 Å². The predicted octanol–water partition coefficient (Wildman–Crippen LogP) is 1.41. The number of carbonyl (C=O) groups excluding carboxylic acids is 1. The van der Waals surface area contributed by atoms with Crippen molar-refractivity contribution in [2.45, 2.75) is 59.7 Å². The number of hydrogen-bond donors (Lipinski definition) is 2. The third-order valence-electron chi connectivity index (χ3n) is 5.46. The van der Waals surface area contributed by atoms with Crippen LogP contribution in [0, 0.1) is 13.8 Å². The van der Waals surface area contributed by atoms with Crippen LogP contribution in [0.15, 0.2) is 57.0 Å². The van der Waals surface area contributed by atoms with E-state index >= 15 is 0 Å². The van der Waals surface area contributed by atoms with Crippen molar-refractivity contribution in [2.24, 2.45) is 10.9 Å². The fourth-order valence-corrected chi connectivity index (χ4v) is 3.62. The standard InChI is InChI=1S/C25H32N6O5/c1-16(2)35-21-12-11-20(14-18(21)4)28-23-30(15-19-9-7-17(3)8-10-19)24(33)29(25(34)31(23)26)13-5-6-22(32)36-27/h7-12,14,16H,5-6,13,15,26-27H2,1-4H3. The molecule has 192 valence electrons. The van der Waals surface area contributed by atoms with Gasteiger partial charge in [0.05, 0.1) is 18.3 Å². The summed E-state index contributed by atoms with van der Waals surface area (Å²) in [6.45, 7) is 7.81. The Kier molecular flexibility index (Phi) is 8.49. The maximum Gasteiger partial charge on any atom is 0.353 e. The van der Waals surface area contributed by atoms with Crippen LogP contribution >= 0.6 is 0 Å². The van der Waals surface area contributed by atoms with E-state index in [1.54, 1.807) is 18.2 Å². The predicted molar refractivity (Wildman–Crippen MR) is 135 cm³/mol. The second-order valence-corrected chi connectivity index (χ2v) is 8.78. The number of nitrogens with two attached hydrogens (primary N) is 2. The normalized spacial score (nSPS) is 11.7. The van der Waals surface area contributed by atoms with Crippen molar-refractivity contribution in [2.75, 3.05) is 5.84 Å². The molecule has 0 amide bonds. The van der Waals surface area contributed by atoms with E-state index in [1.165, 1.54) is 4.57 Å². The van der Waals surface area contributed by atoms with Crippen molar-refractivity contribution in [1.82, 2.24) is 13.8 Å². The lowest BCUT2D eigenvalue weighted by Gasteiger charge is -2.15. The van der Waals surface area contributed by atoms with Crippen molar-refractivity contribution < 1.29 is 14.4 Å². The third kappa shape index (κ3) is 6.30. The van der Waals surface area contributed by atoms with Crippen LogP contribution in [0.25, 0.3) is 0 Å². The van der Waals surface area contributed by atoms with Crippen LogP contribution in [0.1, 0.15) is 43.4 Å². The maximum absolute atomic E-state index is 13.4. The first-order valence-corrected chi connectivity index (χ1v) is 11.6. The largest absolute Gasteiger partial charge is 0.491 e. The monoisotopic (exact) mass is 496 g/mol. The Balaban J connectivity index is 2.15. The van der Waals surface area contributed by atoms with Gasteiger partial charge >= 0.3 is 17.3 Å². The summed E-state index contributed by atoms with van der Waals surface area (Å²) in [6.07, 6.45) is 0.126. The fourth-order valence-electron chi connectivity index (χ4n) is 3.62. The van der Waals surface area contributed by atoms with Gasteiger partial charge in [-0.05, 0) is 63.4 Å². The molecule has 0 radical (unpaired) electrons. The minimum Gasteiger partial charge on any atom is -0.491 e. The lowest BCUT2D eigenvalue weighted by molar-refractivity contribution is -0.144. The Bertz CT molecular complexity index is 1420. The van der Waals surface area contributed by atoms with E-state index in [0.717, 1.165) is 25.9 Å². The van der Waals surface area contributed by atoms with Gasteiger partial charge in [-0.2, -0.15) is 10.6 Å². The molecule has 0 saturated heterocycles. The first-order valence-electron chi connectivity index (χ1n) is 11.6. The summed E-state index contributed by atoms with van der Waals surface area (Å²) in [6, 6.07) is 13.0. The number of nitrogens with zero attached hydrogens (tertiary/aromatic N) is 4. The topological polar surface area (TPSA) is 149 Å². The molecule has 11 heteroatoms. The van der Waals surface area contributed by atoms with Crippen LogP contribution in [0.5, 0.6) is 5.75 Å². The van der Waals surface area contributed by atoms with Gasteiger partial charge in [-0.25, -0.2) is 19.1 Å². The van der Waals surface area contributed by atoms with E-state index in [-0.39, 0.29) is 37.7 Å². The van der Waals surface area contributed by atoms with Crippen LogP contribution in [0.3, 0.4) is 0 Å².